The van der Waals surface area contributed by atoms with Crippen molar-refractivity contribution < 1.29 is 9.47 Å². The molecule has 4 heteroatoms. The number of benzene rings is 5. The summed E-state index contributed by atoms with van der Waals surface area (Å²) in [4.78, 5) is 4.42. The summed E-state index contributed by atoms with van der Waals surface area (Å²) in [5.41, 5.74) is 1.32. The van der Waals surface area contributed by atoms with E-state index in [1.165, 1.54) is 21.5 Å². The van der Waals surface area contributed by atoms with Crippen LogP contribution >= 0.6 is 0 Å². The second-order valence-corrected chi connectivity index (χ2v) is 12.3. The predicted octanol–water partition coefficient (Wildman–Crippen LogP) is 7.14. The average Bonchev–Trinajstić information content (AvgIpc) is 3.41. The van der Waals surface area contributed by atoms with Crippen molar-refractivity contribution in [1.82, 2.24) is 9.80 Å². The Hall–Kier alpha value is -3.90. The van der Waals surface area contributed by atoms with Crippen LogP contribution in [0.15, 0.2) is 72.8 Å². The fourth-order valence-electron chi connectivity index (χ4n) is 6.30. The van der Waals surface area contributed by atoms with E-state index in [2.05, 4.69) is 148 Å². The molecule has 0 saturated carbocycles. The van der Waals surface area contributed by atoms with Gasteiger partial charge in [-0.1, -0.05) is 72.2 Å². The lowest BCUT2D eigenvalue weighted by molar-refractivity contribution is 0.0591. The highest BCUT2D eigenvalue weighted by Gasteiger charge is 2.40. The van der Waals surface area contributed by atoms with E-state index in [1.807, 2.05) is 0 Å². The summed E-state index contributed by atoms with van der Waals surface area (Å²) in [5, 5.41) is 9.27. The third kappa shape index (κ3) is 4.18. The summed E-state index contributed by atoms with van der Waals surface area (Å²) in [7, 11) is 4.17. The molecule has 0 aromatic heterocycles. The van der Waals surface area contributed by atoms with Gasteiger partial charge in [0.05, 0.1) is 12.7 Å². The highest BCUT2D eigenvalue weighted by molar-refractivity contribution is 6.16. The average molecular weight is 553 g/mol. The zero-order valence-corrected chi connectivity index (χ0v) is 25.2. The molecule has 0 spiro atoms. The van der Waals surface area contributed by atoms with Gasteiger partial charge in [-0.05, 0) is 109 Å². The summed E-state index contributed by atoms with van der Waals surface area (Å²) in [6, 6.07) is 26.3. The van der Waals surface area contributed by atoms with Crippen molar-refractivity contribution in [3.63, 3.8) is 0 Å². The molecule has 2 heterocycles. The summed E-state index contributed by atoms with van der Waals surface area (Å²) >= 11 is 0. The Labute approximate surface area is 248 Å². The minimum Gasteiger partial charge on any atom is -0.360 e. The molecule has 5 aromatic carbocycles. The Morgan fingerprint density at radius 2 is 1.14 bits per heavy atom. The minimum absolute atomic E-state index is 0.00749. The Morgan fingerprint density at radius 1 is 0.690 bits per heavy atom. The molecule has 7 rings (SSSR count). The van der Waals surface area contributed by atoms with E-state index in [-0.39, 0.29) is 23.4 Å². The lowest BCUT2D eigenvalue weighted by atomic mass is 9.87. The number of nitrogens with zero attached hydrogens (tertiary/aromatic N) is 2. The van der Waals surface area contributed by atoms with E-state index in [9.17, 15) is 0 Å². The fourth-order valence-corrected chi connectivity index (χ4v) is 6.30. The first-order valence-electron chi connectivity index (χ1n) is 14.7. The third-order valence-corrected chi connectivity index (χ3v) is 9.78. The SMILES string of the molecule is CC1OCC(C)(C#Cc2c3cc4ccccc4cc3c(C#CC3(C)C(C)OCN3C)c3cc4ccccc4cc23)N1C. The van der Waals surface area contributed by atoms with Crippen molar-refractivity contribution in [2.75, 3.05) is 27.4 Å². The maximum absolute atomic E-state index is 5.98. The first-order valence-corrected chi connectivity index (χ1v) is 14.7. The van der Waals surface area contributed by atoms with E-state index < -0.39 is 0 Å². The van der Waals surface area contributed by atoms with Crippen molar-refractivity contribution in [3.05, 3.63) is 83.9 Å². The van der Waals surface area contributed by atoms with E-state index in [4.69, 9.17) is 9.47 Å². The van der Waals surface area contributed by atoms with Crippen molar-refractivity contribution in [2.45, 2.75) is 51.1 Å². The molecule has 0 amide bonds. The second kappa shape index (κ2) is 9.84. The van der Waals surface area contributed by atoms with Crippen molar-refractivity contribution in [3.8, 4) is 23.7 Å². The van der Waals surface area contributed by atoms with Crippen LogP contribution in [0.3, 0.4) is 0 Å². The molecule has 0 radical (unpaired) electrons. The molecule has 0 bridgehead atoms. The predicted molar refractivity (Wildman–Crippen MR) is 173 cm³/mol. The topological polar surface area (TPSA) is 24.9 Å². The van der Waals surface area contributed by atoms with E-state index >= 15 is 0 Å². The summed E-state index contributed by atoms with van der Waals surface area (Å²) in [6.07, 6.45) is 0.0397. The Kier molecular flexibility index (Phi) is 6.32. The number of fused-ring (bicyclic) bond motifs is 4. The summed E-state index contributed by atoms with van der Waals surface area (Å²) < 4.78 is 12.0. The smallest absolute Gasteiger partial charge is 0.108 e. The Morgan fingerprint density at radius 3 is 1.52 bits per heavy atom. The van der Waals surface area contributed by atoms with Gasteiger partial charge in [0.1, 0.15) is 24.0 Å². The second-order valence-electron chi connectivity index (χ2n) is 12.3. The van der Waals surface area contributed by atoms with Crippen LogP contribution in [0.2, 0.25) is 0 Å². The standard InChI is InChI=1S/C38H36N2O2/c1-25-38(4,39(5)24-42-25)18-16-32-35-21-29-13-9-7-11-27(29)19-33(35)31(15-17-37(3)23-41-26(2)40(37)6)34-20-28-12-8-10-14-30(28)22-36(32)34/h7-14,19-22,25-26H,23-24H2,1-6H3. The summed E-state index contributed by atoms with van der Waals surface area (Å²) in [5.74, 6) is 14.7. The van der Waals surface area contributed by atoms with Crippen LogP contribution in [-0.4, -0.2) is 60.6 Å². The van der Waals surface area contributed by atoms with Crippen molar-refractivity contribution >= 4 is 43.1 Å². The van der Waals surface area contributed by atoms with Crippen molar-refractivity contribution in [1.29, 1.82) is 0 Å². The molecule has 210 valence electrons. The zero-order chi connectivity index (χ0) is 29.2. The van der Waals surface area contributed by atoms with Crippen LogP contribution in [0.5, 0.6) is 0 Å². The van der Waals surface area contributed by atoms with Crippen LogP contribution in [-0.2, 0) is 9.47 Å². The van der Waals surface area contributed by atoms with Gasteiger partial charge in [0.15, 0.2) is 0 Å². The molecule has 4 nitrogen and oxygen atoms in total. The van der Waals surface area contributed by atoms with Gasteiger partial charge in [-0.25, -0.2) is 0 Å². The number of hydrogen-bond acceptors (Lipinski definition) is 4. The normalized spacial score (nSPS) is 26.5. The zero-order valence-electron chi connectivity index (χ0n) is 25.2. The molecule has 5 aromatic rings. The molecular weight excluding hydrogens is 516 g/mol. The van der Waals surface area contributed by atoms with Gasteiger partial charge >= 0.3 is 0 Å². The van der Waals surface area contributed by atoms with Gasteiger partial charge in [0.25, 0.3) is 0 Å². The van der Waals surface area contributed by atoms with Gasteiger partial charge in [0, 0.05) is 11.1 Å². The van der Waals surface area contributed by atoms with E-state index in [1.54, 1.807) is 0 Å². The van der Waals surface area contributed by atoms with Crippen molar-refractivity contribution in [2.24, 2.45) is 0 Å². The molecule has 42 heavy (non-hydrogen) atoms. The van der Waals surface area contributed by atoms with Gasteiger partial charge in [-0.2, -0.15) is 0 Å². The number of ether oxygens (including phenoxy) is 2. The minimum atomic E-state index is -0.386. The summed E-state index contributed by atoms with van der Waals surface area (Å²) in [6.45, 7) is 9.69. The molecule has 2 aliphatic heterocycles. The monoisotopic (exact) mass is 552 g/mol. The number of likely N-dealkylation sites (N-methyl/N-ethyl adjacent to an activating group) is 2. The van der Waals surface area contributed by atoms with E-state index in [0.717, 1.165) is 32.7 Å². The van der Waals surface area contributed by atoms with Gasteiger partial charge in [-0.15, -0.1) is 0 Å². The van der Waals surface area contributed by atoms with Crippen LogP contribution in [0.1, 0.15) is 38.8 Å². The van der Waals surface area contributed by atoms with E-state index in [0.29, 0.717) is 13.3 Å². The molecule has 2 fully saturated rings. The molecule has 2 saturated heterocycles. The molecule has 2 aliphatic rings. The first-order chi connectivity index (χ1) is 20.2. The fraction of sp³-hybridized carbons (Fsp3) is 0.316. The lowest BCUT2D eigenvalue weighted by Gasteiger charge is -2.27. The molecular formula is C38H36N2O2. The maximum atomic E-state index is 5.98. The maximum Gasteiger partial charge on any atom is 0.108 e. The van der Waals surface area contributed by atoms with Crippen LogP contribution in [0, 0.1) is 23.7 Å². The van der Waals surface area contributed by atoms with Gasteiger partial charge in [0.2, 0.25) is 0 Å². The highest BCUT2D eigenvalue weighted by Crippen LogP contribution is 2.38. The molecule has 0 N–H and O–H groups in total. The number of rotatable bonds is 0. The quantitative estimate of drug-likeness (QED) is 0.151. The highest BCUT2D eigenvalue weighted by atomic mass is 16.5. The first kappa shape index (κ1) is 27.0. The Bertz CT molecular complexity index is 1920. The molecule has 4 unspecified atom stereocenters. The lowest BCUT2D eigenvalue weighted by Crippen LogP contribution is -2.43. The van der Waals surface area contributed by atoms with Crippen LogP contribution in [0.25, 0.3) is 43.1 Å². The van der Waals surface area contributed by atoms with Gasteiger partial charge in [-0.3, -0.25) is 9.80 Å². The Balaban J connectivity index is 1.60. The third-order valence-electron chi connectivity index (χ3n) is 9.78. The van der Waals surface area contributed by atoms with Gasteiger partial charge < -0.3 is 9.47 Å². The van der Waals surface area contributed by atoms with Crippen LogP contribution < -0.4 is 0 Å². The number of hydrogen-bond donors (Lipinski definition) is 0. The molecule has 0 aliphatic carbocycles. The largest absolute Gasteiger partial charge is 0.360 e. The molecule has 4 atom stereocenters. The van der Waals surface area contributed by atoms with Crippen LogP contribution in [0.4, 0.5) is 0 Å².